The zero-order chi connectivity index (χ0) is 20.1. The van der Waals surface area contributed by atoms with Crippen LogP contribution in [0.5, 0.6) is 0 Å². The van der Waals surface area contributed by atoms with Crippen LogP contribution in [0, 0.1) is 13.8 Å². The molecule has 1 aliphatic rings. The summed E-state index contributed by atoms with van der Waals surface area (Å²) in [6, 6.07) is 0. The first-order valence-electron chi connectivity index (χ1n) is 9.92. The molecule has 28 heavy (non-hydrogen) atoms. The van der Waals surface area contributed by atoms with E-state index in [9.17, 15) is 9.59 Å². The van der Waals surface area contributed by atoms with Crippen LogP contribution < -0.4 is 5.32 Å². The van der Waals surface area contributed by atoms with Crippen molar-refractivity contribution in [3.8, 4) is 0 Å². The number of rotatable bonds is 7. The lowest BCUT2D eigenvalue weighted by molar-refractivity contribution is -0.133. The third-order valence-electron chi connectivity index (χ3n) is 5.24. The molecule has 1 saturated heterocycles. The van der Waals surface area contributed by atoms with Crippen LogP contribution in [0.25, 0.3) is 5.78 Å². The lowest BCUT2D eigenvalue weighted by Crippen LogP contribution is -2.51. The highest BCUT2D eigenvalue weighted by molar-refractivity contribution is 5.78. The zero-order valence-corrected chi connectivity index (χ0v) is 16.9. The van der Waals surface area contributed by atoms with Gasteiger partial charge in [-0.1, -0.05) is 6.92 Å². The number of carbonyl (C=O) groups is 2. The van der Waals surface area contributed by atoms with E-state index in [1.165, 1.54) is 6.33 Å². The molecule has 3 heterocycles. The monoisotopic (exact) mass is 387 g/mol. The number of piperazine rings is 1. The molecule has 0 spiro atoms. The van der Waals surface area contributed by atoms with Crippen LogP contribution in [0.3, 0.4) is 0 Å². The highest BCUT2D eigenvalue weighted by Gasteiger charge is 2.22. The minimum atomic E-state index is 0.0589. The number of hydrogen-bond donors (Lipinski definition) is 1. The van der Waals surface area contributed by atoms with Crippen molar-refractivity contribution >= 4 is 17.6 Å². The van der Waals surface area contributed by atoms with Gasteiger partial charge >= 0.3 is 0 Å². The Hall–Kier alpha value is -2.55. The van der Waals surface area contributed by atoms with Crippen LogP contribution in [-0.4, -0.2) is 80.5 Å². The van der Waals surface area contributed by atoms with E-state index in [-0.39, 0.29) is 11.8 Å². The van der Waals surface area contributed by atoms with Gasteiger partial charge in [-0.05, 0) is 32.3 Å². The first kappa shape index (κ1) is 20.2. The summed E-state index contributed by atoms with van der Waals surface area (Å²) in [6.45, 7) is 9.88. The van der Waals surface area contributed by atoms with Crippen molar-refractivity contribution in [2.24, 2.45) is 0 Å². The van der Waals surface area contributed by atoms with Crippen LogP contribution in [0.1, 0.15) is 36.7 Å². The highest BCUT2D eigenvalue weighted by atomic mass is 16.2. The highest BCUT2D eigenvalue weighted by Crippen LogP contribution is 2.16. The number of nitrogens with zero attached hydrogens (tertiary/aromatic N) is 6. The molecule has 1 aliphatic heterocycles. The molecule has 0 unspecified atom stereocenters. The van der Waals surface area contributed by atoms with E-state index in [4.69, 9.17) is 0 Å². The normalized spacial score (nSPS) is 15.2. The Kier molecular flexibility index (Phi) is 6.56. The maximum absolute atomic E-state index is 12.7. The first-order valence-corrected chi connectivity index (χ1v) is 9.92. The Bertz CT molecular complexity index is 840. The minimum Gasteiger partial charge on any atom is -0.355 e. The molecular weight excluding hydrogens is 358 g/mol. The lowest BCUT2D eigenvalue weighted by atomic mass is 10.1. The van der Waals surface area contributed by atoms with Gasteiger partial charge in [0.1, 0.15) is 6.33 Å². The van der Waals surface area contributed by atoms with Crippen LogP contribution in [0.15, 0.2) is 6.33 Å². The summed E-state index contributed by atoms with van der Waals surface area (Å²) in [5.41, 5.74) is 2.93. The summed E-state index contributed by atoms with van der Waals surface area (Å²) in [6.07, 6.45) is 3.51. The average Bonchev–Trinajstić information content (AvgIpc) is 3.15. The van der Waals surface area contributed by atoms with Gasteiger partial charge in [0.05, 0.1) is 6.54 Å². The van der Waals surface area contributed by atoms with Gasteiger partial charge in [0, 0.05) is 50.5 Å². The molecule has 0 aromatic carbocycles. The minimum absolute atomic E-state index is 0.0589. The Balaban J connectivity index is 1.49. The summed E-state index contributed by atoms with van der Waals surface area (Å²) >= 11 is 0. The third kappa shape index (κ3) is 4.64. The van der Waals surface area contributed by atoms with Crippen molar-refractivity contribution in [1.29, 1.82) is 0 Å². The van der Waals surface area contributed by atoms with Gasteiger partial charge in [0.15, 0.2) is 0 Å². The second kappa shape index (κ2) is 9.09. The van der Waals surface area contributed by atoms with E-state index >= 15 is 0 Å². The predicted molar refractivity (Wildman–Crippen MR) is 105 cm³/mol. The molecule has 1 fully saturated rings. The van der Waals surface area contributed by atoms with Gasteiger partial charge in [-0.3, -0.25) is 14.5 Å². The molecule has 2 amide bonds. The number of nitrogens with one attached hydrogen (secondary N) is 1. The van der Waals surface area contributed by atoms with Gasteiger partial charge < -0.3 is 10.2 Å². The average molecular weight is 387 g/mol. The molecule has 0 saturated carbocycles. The number of amides is 2. The molecule has 9 nitrogen and oxygen atoms in total. The maximum atomic E-state index is 12.7. The van der Waals surface area contributed by atoms with Crippen molar-refractivity contribution in [2.45, 2.75) is 40.0 Å². The van der Waals surface area contributed by atoms with Crippen molar-refractivity contribution in [3.05, 3.63) is 23.3 Å². The van der Waals surface area contributed by atoms with Gasteiger partial charge in [-0.2, -0.15) is 10.1 Å². The molecule has 9 heteroatoms. The van der Waals surface area contributed by atoms with E-state index in [1.54, 1.807) is 4.52 Å². The molecular formula is C19H29N7O2. The summed E-state index contributed by atoms with van der Waals surface area (Å²) in [7, 11) is 0. The van der Waals surface area contributed by atoms with E-state index < -0.39 is 0 Å². The summed E-state index contributed by atoms with van der Waals surface area (Å²) in [5.74, 6) is 0.792. The second-order valence-corrected chi connectivity index (χ2v) is 7.24. The summed E-state index contributed by atoms with van der Waals surface area (Å²) < 4.78 is 1.72. The topological polar surface area (TPSA) is 95.7 Å². The van der Waals surface area contributed by atoms with Crippen LogP contribution in [0.4, 0.5) is 0 Å². The van der Waals surface area contributed by atoms with Gasteiger partial charge in [-0.25, -0.2) is 9.50 Å². The molecule has 152 valence electrons. The lowest BCUT2D eigenvalue weighted by Gasteiger charge is -2.34. The predicted octanol–water partition coefficient (Wildman–Crippen LogP) is 0.344. The van der Waals surface area contributed by atoms with Crippen LogP contribution in [-0.2, 0) is 16.0 Å². The fourth-order valence-corrected chi connectivity index (χ4v) is 3.59. The molecule has 0 bridgehead atoms. The molecule has 0 aliphatic carbocycles. The van der Waals surface area contributed by atoms with Gasteiger partial charge in [0.2, 0.25) is 11.8 Å². The van der Waals surface area contributed by atoms with E-state index in [2.05, 4.69) is 25.3 Å². The second-order valence-electron chi connectivity index (χ2n) is 7.24. The molecule has 0 atom stereocenters. The van der Waals surface area contributed by atoms with Crippen molar-refractivity contribution in [2.75, 3.05) is 39.3 Å². The van der Waals surface area contributed by atoms with Crippen molar-refractivity contribution < 1.29 is 9.59 Å². The Labute approximate surface area is 165 Å². The van der Waals surface area contributed by atoms with Gasteiger partial charge in [0.25, 0.3) is 5.78 Å². The number of aromatic nitrogens is 4. The zero-order valence-electron chi connectivity index (χ0n) is 16.9. The fraction of sp³-hybridized carbons (Fsp3) is 0.632. The maximum Gasteiger partial charge on any atom is 0.252 e. The standard InChI is InChI=1S/C19H29N7O2/c1-4-7-20-17(27)12-24-8-10-25(11-9-24)18(28)6-5-16-14(2)23-19-21-13-22-26(19)15(16)3/h13H,4-12H2,1-3H3,(H,20,27). The third-order valence-corrected chi connectivity index (χ3v) is 5.24. The molecule has 0 radical (unpaired) electrons. The largest absolute Gasteiger partial charge is 0.355 e. The quantitative estimate of drug-likeness (QED) is 0.736. The smallest absolute Gasteiger partial charge is 0.252 e. The van der Waals surface area contributed by atoms with E-state index in [0.717, 1.165) is 36.5 Å². The van der Waals surface area contributed by atoms with Crippen LogP contribution >= 0.6 is 0 Å². The fourth-order valence-electron chi connectivity index (χ4n) is 3.59. The van der Waals surface area contributed by atoms with Crippen molar-refractivity contribution in [1.82, 2.24) is 34.7 Å². The summed E-state index contributed by atoms with van der Waals surface area (Å²) in [4.78, 5) is 37.1. The molecule has 3 rings (SSSR count). The number of aryl methyl sites for hydroxylation is 2. The van der Waals surface area contributed by atoms with Crippen molar-refractivity contribution in [3.63, 3.8) is 0 Å². The van der Waals surface area contributed by atoms with E-state index in [0.29, 0.717) is 44.8 Å². The van der Waals surface area contributed by atoms with Gasteiger partial charge in [-0.15, -0.1) is 0 Å². The molecule has 2 aromatic rings. The number of hydrogen-bond acceptors (Lipinski definition) is 6. The molecule has 2 aromatic heterocycles. The Morgan fingerprint density at radius 3 is 2.64 bits per heavy atom. The van der Waals surface area contributed by atoms with Crippen LogP contribution in [0.2, 0.25) is 0 Å². The Morgan fingerprint density at radius 2 is 1.93 bits per heavy atom. The first-order chi connectivity index (χ1) is 13.5. The SMILES string of the molecule is CCCNC(=O)CN1CCN(C(=O)CCc2c(C)nc3ncnn3c2C)CC1. The summed E-state index contributed by atoms with van der Waals surface area (Å²) in [5, 5.41) is 7.09. The van der Waals surface area contributed by atoms with E-state index in [1.807, 2.05) is 25.7 Å². The number of carbonyl (C=O) groups excluding carboxylic acids is 2. The Morgan fingerprint density at radius 1 is 1.18 bits per heavy atom. The number of fused-ring (bicyclic) bond motifs is 1. The molecule has 1 N–H and O–H groups in total.